The van der Waals surface area contributed by atoms with Gasteiger partial charge in [-0.3, -0.25) is 9.59 Å². The Kier molecular flexibility index (Phi) is 4.00. The number of hydrogen-bond donors (Lipinski definition) is 0. The van der Waals surface area contributed by atoms with Gasteiger partial charge >= 0.3 is 5.97 Å². The highest BCUT2D eigenvalue weighted by Gasteiger charge is 1.97. The Morgan fingerprint density at radius 3 is 3.07 bits per heavy atom. The highest BCUT2D eigenvalue weighted by Crippen LogP contribution is 2.09. The van der Waals surface area contributed by atoms with Gasteiger partial charge in [-0.15, -0.1) is 11.3 Å². The molecule has 0 aliphatic rings. The van der Waals surface area contributed by atoms with Crippen LogP contribution in [0.5, 0.6) is 0 Å². The van der Waals surface area contributed by atoms with Crippen LogP contribution in [-0.4, -0.2) is 24.3 Å². The Morgan fingerprint density at radius 2 is 2.50 bits per heavy atom. The summed E-state index contributed by atoms with van der Waals surface area (Å²) in [5.41, 5.74) is 0.681. The normalized spacial score (nSPS) is 10.4. The molecule has 0 bridgehead atoms. The molecule has 0 aliphatic carbocycles. The average molecular weight is 211 g/mol. The van der Waals surface area contributed by atoms with Gasteiger partial charge in [-0.05, 0) is 6.08 Å². The smallest absolute Gasteiger partial charge is 0.309 e. The molecule has 1 rings (SSSR count). The van der Waals surface area contributed by atoms with Gasteiger partial charge < -0.3 is 4.74 Å². The van der Waals surface area contributed by atoms with Crippen LogP contribution in [0.3, 0.4) is 0 Å². The van der Waals surface area contributed by atoms with E-state index in [0.29, 0.717) is 17.0 Å². The molecule has 1 heterocycles. The minimum atomic E-state index is -0.299. The molecule has 0 amide bonds. The first-order chi connectivity index (χ1) is 6.76. The second-order valence-corrected chi connectivity index (χ2v) is 3.30. The lowest BCUT2D eigenvalue weighted by atomic mass is 10.3. The minimum absolute atomic E-state index is 0.213. The maximum atomic E-state index is 10.7. The summed E-state index contributed by atoms with van der Waals surface area (Å²) in [4.78, 5) is 25.0. The summed E-state index contributed by atoms with van der Waals surface area (Å²) in [6.45, 7) is 0. The SMILES string of the molecule is COC(=O)CC=Cc1csc(C=O)n1. The Bertz CT molecular complexity index is 357. The van der Waals surface area contributed by atoms with E-state index in [1.54, 1.807) is 17.5 Å². The molecule has 0 aliphatic heterocycles. The molecule has 0 saturated heterocycles. The van der Waals surface area contributed by atoms with Crippen molar-refractivity contribution in [3.8, 4) is 0 Å². The molecular weight excluding hydrogens is 202 g/mol. The molecule has 0 spiro atoms. The first kappa shape index (κ1) is 10.6. The van der Waals surface area contributed by atoms with E-state index >= 15 is 0 Å². The number of thiazole rings is 1. The number of methoxy groups -OCH3 is 1. The molecule has 5 heteroatoms. The van der Waals surface area contributed by atoms with E-state index in [1.807, 2.05) is 0 Å². The molecule has 0 unspecified atom stereocenters. The third-order valence-corrected chi connectivity index (χ3v) is 2.23. The minimum Gasteiger partial charge on any atom is -0.469 e. The van der Waals surface area contributed by atoms with Gasteiger partial charge in [0.15, 0.2) is 11.3 Å². The summed E-state index contributed by atoms with van der Waals surface area (Å²) in [5.74, 6) is -0.299. The predicted molar refractivity (Wildman–Crippen MR) is 53.2 cm³/mol. The number of hydrogen-bond acceptors (Lipinski definition) is 5. The molecule has 0 fully saturated rings. The topological polar surface area (TPSA) is 56.3 Å². The number of nitrogens with zero attached hydrogens (tertiary/aromatic N) is 1. The number of ether oxygens (including phenoxy) is 1. The molecule has 14 heavy (non-hydrogen) atoms. The van der Waals surface area contributed by atoms with Crippen molar-refractivity contribution in [2.24, 2.45) is 0 Å². The molecule has 0 radical (unpaired) electrons. The van der Waals surface area contributed by atoms with Crippen LogP contribution in [0.4, 0.5) is 0 Å². The molecule has 0 aromatic carbocycles. The summed E-state index contributed by atoms with van der Waals surface area (Å²) in [6.07, 6.45) is 4.24. The standard InChI is InChI=1S/C9H9NO3S/c1-13-9(12)4-2-3-7-6-14-8(5-11)10-7/h2-3,5-6H,4H2,1H3. The third kappa shape index (κ3) is 3.10. The number of aldehydes is 1. The molecule has 74 valence electrons. The second kappa shape index (κ2) is 5.29. The maximum absolute atomic E-state index is 10.7. The molecule has 0 atom stereocenters. The zero-order chi connectivity index (χ0) is 10.4. The summed E-state index contributed by atoms with van der Waals surface area (Å²) >= 11 is 1.27. The highest BCUT2D eigenvalue weighted by molar-refractivity contribution is 7.11. The van der Waals surface area contributed by atoms with Gasteiger partial charge in [0.25, 0.3) is 0 Å². The monoisotopic (exact) mass is 211 g/mol. The summed E-state index contributed by atoms with van der Waals surface area (Å²) in [6, 6.07) is 0. The fourth-order valence-corrected chi connectivity index (χ4v) is 1.38. The van der Waals surface area contributed by atoms with Crippen LogP contribution < -0.4 is 0 Å². The quantitative estimate of drug-likeness (QED) is 0.560. The number of aromatic nitrogens is 1. The largest absolute Gasteiger partial charge is 0.469 e. The zero-order valence-corrected chi connectivity index (χ0v) is 8.41. The fourth-order valence-electron chi connectivity index (χ4n) is 0.791. The zero-order valence-electron chi connectivity index (χ0n) is 7.60. The van der Waals surface area contributed by atoms with Crippen molar-refractivity contribution in [2.75, 3.05) is 7.11 Å². The lowest BCUT2D eigenvalue weighted by molar-refractivity contribution is -0.139. The van der Waals surface area contributed by atoms with Crippen LogP contribution >= 0.6 is 11.3 Å². The molecular formula is C9H9NO3S. The van der Waals surface area contributed by atoms with Crippen LogP contribution in [0.1, 0.15) is 21.9 Å². The molecule has 0 N–H and O–H groups in total. The molecule has 1 aromatic heterocycles. The van der Waals surface area contributed by atoms with Crippen molar-refractivity contribution < 1.29 is 14.3 Å². The molecule has 4 nitrogen and oxygen atoms in total. The van der Waals surface area contributed by atoms with E-state index in [0.717, 1.165) is 0 Å². The molecule has 1 aromatic rings. The van der Waals surface area contributed by atoms with Crippen LogP contribution in [0, 0.1) is 0 Å². The first-order valence-corrected chi connectivity index (χ1v) is 4.78. The van der Waals surface area contributed by atoms with E-state index in [4.69, 9.17) is 0 Å². The van der Waals surface area contributed by atoms with Crippen LogP contribution in [0.15, 0.2) is 11.5 Å². The summed E-state index contributed by atoms with van der Waals surface area (Å²) in [7, 11) is 1.34. The van der Waals surface area contributed by atoms with Gasteiger partial charge in [0.05, 0.1) is 19.2 Å². The number of carbonyl (C=O) groups excluding carboxylic acids is 2. The van der Waals surface area contributed by atoms with Crippen molar-refractivity contribution in [1.29, 1.82) is 0 Å². The van der Waals surface area contributed by atoms with Crippen molar-refractivity contribution in [1.82, 2.24) is 4.98 Å². The highest BCUT2D eigenvalue weighted by atomic mass is 32.1. The second-order valence-electron chi connectivity index (χ2n) is 2.41. The van der Waals surface area contributed by atoms with Crippen molar-refractivity contribution >= 4 is 29.7 Å². The van der Waals surface area contributed by atoms with E-state index in [9.17, 15) is 9.59 Å². The molecule has 0 saturated carbocycles. The van der Waals surface area contributed by atoms with Gasteiger partial charge in [-0.2, -0.15) is 0 Å². The average Bonchev–Trinajstić information content (AvgIpc) is 2.65. The van der Waals surface area contributed by atoms with E-state index in [1.165, 1.54) is 18.4 Å². The Morgan fingerprint density at radius 1 is 1.71 bits per heavy atom. The van der Waals surface area contributed by atoms with Gasteiger partial charge in [-0.1, -0.05) is 6.08 Å². The number of rotatable bonds is 4. The van der Waals surface area contributed by atoms with Gasteiger partial charge in [-0.25, -0.2) is 4.98 Å². The Labute approximate surface area is 85.2 Å². The van der Waals surface area contributed by atoms with E-state index < -0.39 is 0 Å². The van der Waals surface area contributed by atoms with Crippen LogP contribution in [0.25, 0.3) is 6.08 Å². The summed E-state index contributed by atoms with van der Waals surface area (Å²) < 4.78 is 4.45. The first-order valence-electron chi connectivity index (χ1n) is 3.90. The Hall–Kier alpha value is -1.49. The van der Waals surface area contributed by atoms with Crippen molar-refractivity contribution in [2.45, 2.75) is 6.42 Å². The lowest BCUT2D eigenvalue weighted by Gasteiger charge is -1.90. The predicted octanol–water partition coefficient (Wildman–Crippen LogP) is 1.53. The van der Waals surface area contributed by atoms with Gasteiger partial charge in [0.1, 0.15) is 0 Å². The van der Waals surface area contributed by atoms with Gasteiger partial charge in [0.2, 0.25) is 0 Å². The lowest BCUT2D eigenvalue weighted by Crippen LogP contribution is -1.96. The number of esters is 1. The van der Waals surface area contributed by atoms with Crippen molar-refractivity contribution in [3.63, 3.8) is 0 Å². The number of carbonyl (C=O) groups is 2. The fraction of sp³-hybridized carbons (Fsp3) is 0.222. The Balaban J connectivity index is 2.51. The van der Waals surface area contributed by atoms with Crippen LogP contribution in [0.2, 0.25) is 0 Å². The van der Waals surface area contributed by atoms with E-state index in [-0.39, 0.29) is 12.4 Å². The third-order valence-electron chi connectivity index (χ3n) is 1.44. The maximum Gasteiger partial charge on any atom is 0.309 e. The van der Waals surface area contributed by atoms with Crippen molar-refractivity contribution in [3.05, 3.63) is 22.2 Å². The summed E-state index contributed by atoms with van der Waals surface area (Å²) in [5, 5.41) is 2.18. The van der Waals surface area contributed by atoms with Crippen LogP contribution in [-0.2, 0) is 9.53 Å². The van der Waals surface area contributed by atoms with E-state index in [2.05, 4.69) is 9.72 Å². The van der Waals surface area contributed by atoms with Gasteiger partial charge in [0, 0.05) is 5.38 Å².